The van der Waals surface area contributed by atoms with E-state index in [0.29, 0.717) is 50.7 Å². The summed E-state index contributed by atoms with van der Waals surface area (Å²) in [5.41, 5.74) is 3.72. The van der Waals surface area contributed by atoms with E-state index in [1.165, 1.54) is 0 Å². The number of ether oxygens (including phenoxy) is 2. The zero-order valence-corrected chi connectivity index (χ0v) is 41.0. The number of carbonyl (C=O) groups excluding carboxylic acids is 4. The van der Waals surface area contributed by atoms with Gasteiger partial charge in [-0.2, -0.15) is 0 Å². The fraction of sp³-hybridized carbons (Fsp3) is 0.538. The quantitative estimate of drug-likeness (QED) is 0.0852. The number of hydrogen-bond acceptors (Lipinski definition) is 8. The summed E-state index contributed by atoms with van der Waals surface area (Å²) in [6.07, 6.45) is 1.72. The summed E-state index contributed by atoms with van der Waals surface area (Å²) >= 11 is 0. The second kappa shape index (κ2) is 18.4. The van der Waals surface area contributed by atoms with Crippen LogP contribution in [0.15, 0.2) is 60.7 Å². The van der Waals surface area contributed by atoms with Crippen LogP contribution in [-0.4, -0.2) is 91.1 Å². The number of nitrogens with one attached hydrogen (secondary N) is 4. The summed E-state index contributed by atoms with van der Waals surface area (Å²) < 4.78 is 11.9. The molecule has 0 radical (unpaired) electrons. The van der Waals surface area contributed by atoms with Crippen molar-refractivity contribution in [1.29, 1.82) is 0 Å². The van der Waals surface area contributed by atoms with Gasteiger partial charge in [0.2, 0.25) is 0 Å². The third kappa shape index (κ3) is 10.5. The Bertz CT molecular complexity index is 2400. The van der Waals surface area contributed by atoms with E-state index in [-0.39, 0.29) is 23.7 Å². The molecular weight excluding hydrogens is 833 g/mol. The number of fused-ring (bicyclic) bond motifs is 2. The Kier molecular flexibility index (Phi) is 13.4. The highest BCUT2D eigenvalue weighted by Gasteiger charge is 2.45. The molecule has 4 heterocycles. The minimum Gasteiger partial charge on any atom is -0.433 e. The summed E-state index contributed by atoms with van der Waals surface area (Å²) in [4.78, 5) is 74.2. The van der Waals surface area contributed by atoms with Crippen molar-refractivity contribution in [2.24, 2.45) is 22.7 Å². The molecule has 4 N–H and O–H groups in total. The summed E-state index contributed by atoms with van der Waals surface area (Å²) in [6.45, 7) is 26.3. The molecule has 2 saturated heterocycles. The Morgan fingerprint density at radius 1 is 0.561 bits per heavy atom. The topological polar surface area (TPSA) is 175 Å². The van der Waals surface area contributed by atoms with Gasteiger partial charge in [-0.25, -0.2) is 19.6 Å². The molecule has 14 nitrogen and oxygen atoms in total. The van der Waals surface area contributed by atoms with E-state index in [4.69, 9.17) is 19.4 Å². The van der Waals surface area contributed by atoms with Crippen LogP contribution in [0.1, 0.15) is 133 Å². The monoisotopic (exact) mass is 903 g/mol. The van der Waals surface area contributed by atoms with E-state index in [9.17, 15) is 19.2 Å². The van der Waals surface area contributed by atoms with Crippen LogP contribution in [-0.2, 0) is 19.1 Å². The van der Waals surface area contributed by atoms with Crippen LogP contribution < -0.4 is 10.6 Å². The van der Waals surface area contributed by atoms with E-state index in [2.05, 4.69) is 98.5 Å². The van der Waals surface area contributed by atoms with E-state index in [1.54, 1.807) is 23.6 Å². The average Bonchev–Trinajstić information content (AvgIpc) is 3.79. The molecule has 0 bridgehead atoms. The Labute approximate surface area is 389 Å². The first-order valence-corrected chi connectivity index (χ1v) is 23.6. The molecular formula is C52H70N8O6. The van der Waals surface area contributed by atoms with Gasteiger partial charge in [0.15, 0.2) is 11.2 Å². The lowest BCUT2D eigenvalue weighted by atomic mass is 9.85. The van der Waals surface area contributed by atoms with Crippen molar-refractivity contribution < 1.29 is 28.7 Å². The number of aromatic amines is 2. The molecule has 14 heteroatoms. The van der Waals surface area contributed by atoms with Gasteiger partial charge in [-0.05, 0) is 109 Å². The van der Waals surface area contributed by atoms with Gasteiger partial charge < -0.3 is 39.9 Å². The Morgan fingerprint density at radius 2 is 0.894 bits per heavy atom. The van der Waals surface area contributed by atoms with Crippen LogP contribution in [0.4, 0.5) is 9.59 Å². The zero-order valence-electron chi connectivity index (χ0n) is 41.0. The number of hydrogen-bond donors (Lipinski definition) is 4. The van der Waals surface area contributed by atoms with Crippen molar-refractivity contribution in [1.82, 2.24) is 40.4 Å². The van der Waals surface area contributed by atoms with Gasteiger partial charge in [0.05, 0.1) is 34.2 Å². The zero-order chi connectivity index (χ0) is 47.9. The highest BCUT2D eigenvalue weighted by molar-refractivity contribution is 5.89. The van der Waals surface area contributed by atoms with Crippen LogP contribution in [0.5, 0.6) is 0 Å². The minimum atomic E-state index is -1.35. The maximum atomic E-state index is 14.1. The molecule has 0 saturated carbocycles. The molecule has 5 aromatic rings. The van der Waals surface area contributed by atoms with Gasteiger partial charge in [0, 0.05) is 26.2 Å². The number of rotatable bonds is 14. The summed E-state index contributed by atoms with van der Waals surface area (Å²) in [7, 11) is 0. The van der Waals surface area contributed by atoms with E-state index < -0.39 is 46.3 Å². The first-order chi connectivity index (χ1) is 30.9. The standard InChI is InChI=1S/C52H70N8O6/c1-31(2)29-51(11,65-47(63)59-23-13-24-59)45(61)57-41(49(5,6)7)43-53-37-21-19-35(27-39(37)55-43)33-15-17-34(18-16-33)36-20-22-38-40(28-36)56-44(54-38)42(50(8,9)10)58-46(62)52(12,30-32(3)4)66-48(64)60-25-14-26-60/h15-22,27-28,31-32,41-42H,13-14,23-26,29-30H2,1-12H3,(H,53,55)(H,54,56)(H,57,61)(H,58,62)/t41-,42-,51?,52?/m1/s1. The molecule has 3 aromatic carbocycles. The summed E-state index contributed by atoms with van der Waals surface area (Å²) in [5, 5.41) is 6.43. The fourth-order valence-electron chi connectivity index (χ4n) is 8.93. The molecule has 354 valence electrons. The molecule has 2 aromatic heterocycles. The third-order valence-electron chi connectivity index (χ3n) is 12.8. The molecule has 4 amide bonds. The van der Waals surface area contributed by atoms with Crippen molar-refractivity contribution in [3.63, 3.8) is 0 Å². The highest BCUT2D eigenvalue weighted by atomic mass is 16.6. The lowest BCUT2D eigenvalue weighted by molar-refractivity contribution is -0.143. The molecule has 66 heavy (non-hydrogen) atoms. The van der Waals surface area contributed by atoms with Crippen molar-refractivity contribution in [3.8, 4) is 22.3 Å². The van der Waals surface area contributed by atoms with Crippen molar-refractivity contribution in [3.05, 3.63) is 72.3 Å². The third-order valence-corrected chi connectivity index (χ3v) is 12.8. The number of H-pyrrole nitrogens is 2. The number of amides is 4. The number of carbonyl (C=O) groups is 4. The maximum absolute atomic E-state index is 14.1. The predicted molar refractivity (Wildman–Crippen MR) is 258 cm³/mol. The van der Waals surface area contributed by atoms with Crippen LogP contribution >= 0.6 is 0 Å². The molecule has 2 aliphatic heterocycles. The normalized spacial score (nSPS) is 17.1. The lowest BCUT2D eigenvalue weighted by Crippen LogP contribution is -2.54. The van der Waals surface area contributed by atoms with Crippen molar-refractivity contribution in [2.45, 2.75) is 132 Å². The number of aromatic nitrogens is 4. The van der Waals surface area contributed by atoms with Gasteiger partial charge in [0.1, 0.15) is 11.6 Å². The number of likely N-dealkylation sites (tertiary alicyclic amines) is 2. The molecule has 0 aliphatic carbocycles. The van der Waals surface area contributed by atoms with Crippen LogP contribution in [0.2, 0.25) is 0 Å². The number of benzene rings is 3. The van der Waals surface area contributed by atoms with E-state index in [1.807, 2.05) is 52.0 Å². The van der Waals surface area contributed by atoms with E-state index in [0.717, 1.165) is 57.2 Å². The van der Waals surface area contributed by atoms with Gasteiger partial charge >= 0.3 is 12.2 Å². The molecule has 2 fully saturated rings. The number of imidazole rings is 2. The molecule has 0 spiro atoms. The maximum Gasteiger partial charge on any atom is 0.410 e. The first kappa shape index (κ1) is 48.0. The van der Waals surface area contributed by atoms with Gasteiger partial charge in [-0.3, -0.25) is 9.59 Å². The molecule has 7 rings (SSSR count). The van der Waals surface area contributed by atoms with Crippen LogP contribution in [0.3, 0.4) is 0 Å². The smallest absolute Gasteiger partial charge is 0.410 e. The average molecular weight is 903 g/mol. The second-order valence-corrected chi connectivity index (χ2v) is 21.9. The first-order valence-electron chi connectivity index (χ1n) is 23.6. The molecule has 2 unspecified atom stereocenters. The molecule has 4 atom stereocenters. The lowest BCUT2D eigenvalue weighted by Gasteiger charge is -2.38. The molecule has 2 aliphatic rings. The SMILES string of the molecule is CC(C)CC(C)(OC(=O)N1CCC1)C(=O)N[C@H](c1nc2cc(-c3ccc(-c4ccc5[nH]c([C@@H](NC(=O)C(C)(CC(C)C)OC(=O)N6CCC6)C(C)(C)C)nc5c4)cc3)ccc2[nH]1)C(C)(C)C. The fourth-order valence-corrected chi connectivity index (χ4v) is 8.93. The Morgan fingerprint density at radius 3 is 1.18 bits per heavy atom. The summed E-state index contributed by atoms with van der Waals surface area (Å²) in [5.74, 6) is 0.790. The largest absolute Gasteiger partial charge is 0.433 e. The second-order valence-electron chi connectivity index (χ2n) is 21.9. The minimum absolute atomic E-state index is 0.118. The van der Waals surface area contributed by atoms with Crippen LogP contribution in [0.25, 0.3) is 44.3 Å². The number of nitrogens with zero attached hydrogens (tertiary/aromatic N) is 4. The van der Waals surface area contributed by atoms with Gasteiger partial charge in [0.25, 0.3) is 11.8 Å². The predicted octanol–water partition coefficient (Wildman–Crippen LogP) is 10.5. The van der Waals surface area contributed by atoms with Gasteiger partial charge in [-0.1, -0.05) is 106 Å². The Balaban J connectivity index is 1.08. The van der Waals surface area contributed by atoms with Gasteiger partial charge in [-0.15, -0.1) is 0 Å². The van der Waals surface area contributed by atoms with Crippen LogP contribution in [0, 0.1) is 22.7 Å². The van der Waals surface area contributed by atoms with Crippen molar-refractivity contribution >= 4 is 46.1 Å². The highest BCUT2D eigenvalue weighted by Crippen LogP contribution is 2.37. The van der Waals surface area contributed by atoms with E-state index >= 15 is 0 Å². The Hall–Kier alpha value is -5.92. The summed E-state index contributed by atoms with van der Waals surface area (Å²) in [6, 6.07) is 19.6. The van der Waals surface area contributed by atoms with Crippen molar-refractivity contribution in [2.75, 3.05) is 26.2 Å².